The number of hydrogen-bond donors (Lipinski definition) is 1. The summed E-state index contributed by atoms with van der Waals surface area (Å²) in [7, 11) is 0. The van der Waals surface area contributed by atoms with Crippen molar-refractivity contribution in [3.8, 4) is 11.4 Å². The van der Waals surface area contributed by atoms with Gasteiger partial charge in [-0.15, -0.1) is 5.10 Å². The maximum atomic E-state index is 13.8. The molecule has 2 heterocycles. The number of aliphatic carboxylic acids is 1. The second-order valence-electron chi connectivity index (χ2n) is 4.71. The SMILES string of the molecule is CC(C)C(CC(=O)O)n1nnnc1-c1ccncc1F. The topological polar surface area (TPSA) is 93.8 Å². The number of carboxylic acids is 1. The lowest BCUT2D eigenvalue weighted by Gasteiger charge is -2.20. The Morgan fingerprint density at radius 3 is 2.85 bits per heavy atom. The number of hydrogen-bond acceptors (Lipinski definition) is 5. The minimum atomic E-state index is -0.958. The molecule has 0 aliphatic heterocycles. The Balaban J connectivity index is 2.46. The van der Waals surface area contributed by atoms with Crippen molar-refractivity contribution in [1.82, 2.24) is 25.2 Å². The zero-order valence-electron chi connectivity index (χ0n) is 11.1. The third-order valence-corrected chi connectivity index (χ3v) is 2.97. The first-order chi connectivity index (χ1) is 9.50. The summed E-state index contributed by atoms with van der Waals surface area (Å²) in [4.78, 5) is 14.6. The first kappa shape index (κ1) is 14.0. The van der Waals surface area contributed by atoms with E-state index in [4.69, 9.17) is 5.11 Å². The normalized spacial score (nSPS) is 12.6. The molecule has 1 N–H and O–H groups in total. The van der Waals surface area contributed by atoms with Gasteiger partial charge in [-0.2, -0.15) is 0 Å². The number of aromatic nitrogens is 5. The summed E-state index contributed by atoms with van der Waals surface area (Å²) in [5, 5.41) is 20.1. The van der Waals surface area contributed by atoms with Crippen molar-refractivity contribution in [3.05, 3.63) is 24.3 Å². The Hall–Kier alpha value is -2.38. The molecule has 0 saturated carbocycles. The monoisotopic (exact) mass is 279 g/mol. The predicted molar refractivity (Wildman–Crippen MR) is 67.1 cm³/mol. The molecule has 0 spiro atoms. The maximum absolute atomic E-state index is 13.8. The van der Waals surface area contributed by atoms with Crippen molar-refractivity contribution >= 4 is 5.97 Å². The number of rotatable bonds is 5. The molecule has 7 nitrogen and oxygen atoms in total. The Morgan fingerprint density at radius 1 is 1.50 bits per heavy atom. The van der Waals surface area contributed by atoms with Gasteiger partial charge in [-0.05, 0) is 22.4 Å². The highest BCUT2D eigenvalue weighted by molar-refractivity contribution is 5.67. The lowest BCUT2D eigenvalue weighted by molar-refractivity contribution is -0.138. The average molecular weight is 279 g/mol. The van der Waals surface area contributed by atoms with E-state index in [0.717, 1.165) is 6.20 Å². The van der Waals surface area contributed by atoms with Gasteiger partial charge in [0.25, 0.3) is 0 Å². The van der Waals surface area contributed by atoms with E-state index in [-0.39, 0.29) is 23.7 Å². The van der Waals surface area contributed by atoms with E-state index in [9.17, 15) is 9.18 Å². The van der Waals surface area contributed by atoms with Gasteiger partial charge >= 0.3 is 5.97 Å². The molecule has 0 bridgehead atoms. The van der Waals surface area contributed by atoms with Crippen molar-refractivity contribution in [1.29, 1.82) is 0 Å². The molecule has 2 aromatic heterocycles. The van der Waals surface area contributed by atoms with Crippen molar-refractivity contribution in [2.75, 3.05) is 0 Å². The first-order valence-electron chi connectivity index (χ1n) is 6.10. The van der Waals surface area contributed by atoms with Gasteiger partial charge in [0.1, 0.15) is 0 Å². The van der Waals surface area contributed by atoms with E-state index in [0.29, 0.717) is 0 Å². The zero-order chi connectivity index (χ0) is 14.7. The van der Waals surface area contributed by atoms with Crippen LogP contribution in [-0.4, -0.2) is 36.3 Å². The van der Waals surface area contributed by atoms with E-state index in [1.807, 2.05) is 13.8 Å². The van der Waals surface area contributed by atoms with Gasteiger partial charge in [-0.25, -0.2) is 9.07 Å². The Bertz CT molecular complexity index is 613. The molecule has 0 fully saturated rings. The maximum Gasteiger partial charge on any atom is 0.305 e. The highest BCUT2D eigenvalue weighted by Gasteiger charge is 2.25. The predicted octanol–water partition coefficient (Wildman–Crippen LogP) is 1.55. The molecule has 0 saturated heterocycles. The van der Waals surface area contributed by atoms with Gasteiger partial charge in [0.2, 0.25) is 0 Å². The van der Waals surface area contributed by atoms with Crippen LogP contribution in [0.2, 0.25) is 0 Å². The fraction of sp³-hybridized carbons (Fsp3) is 0.417. The van der Waals surface area contributed by atoms with Crippen molar-refractivity contribution in [2.45, 2.75) is 26.3 Å². The van der Waals surface area contributed by atoms with E-state index < -0.39 is 17.8 Å². The van der Waals surface area contributed by atoms with Crippen molar-refractivity contribution in [3.63, 3.8) is 0 Å². The van der Waals surface area contributed by atoms with Crippen LogP contribution >= 0.6 is 0 Å². The van der Waals surface area contributed by atoms with Gasteiger partial charge < -0.3 is 5.11 Å². The molecule has 0 aliphatic rings. The van der Waals surface area contributed by atoms with Gasteiger partial charge in [-0.3, -0.25) is 9.78 Å². The molecule has 1 unspecified atom stereocenters. The van der Waals surface area contributed by atoms with Crippen LogP contribution in [0.5, 0.6) is 0 Å². The van der Waals surface area contributed by atoms with Crippen LogP contribution in [0.25, 0.3) is 11.4 Å². The lowest BCUT2D eigenvalue weighted by atomic mass is 10.0. The Morgan fingerprint density at radius 2 is 2.25 bits per heavy atom. The molecular formula is C12H14FN5O2. The summed E-state index contributed by atoms with van der Waals surface area (Å²) < 4.78 is 15.1. The number of halogens is 1. The molecule has 2 aromatic rings. The molecular weight excluding hydrogens is 265 g/mol. The van der Waals surface area contributed by atoms with Gasteiger partial charge in [0.15, 0.2) is 11.6 Å². The van der Waals surface area contributed by atoms with Gasteiger partial charge in [0, 0.05) is 6.20 Å². The minimum absolute atomic E-state index is 0.0155. The molecule has 20 heavy (non-hydrogen) atoms. The molecule has 0 aromatic carbocycles. The van der Waals surface area contributed by atoms with Crippen LogP contribution in [0.15, 0.2) is 18.5 Å². The smallest absolute Gasteiger partial charge is 0.305 e. The van der Waals surface area contributed by atoms with E-state index in [1.54, 1.807) is 0 Å². The van der Waals surface area contributed by atoms with Crippen LogP contribution in [0, 0.1) is 11.7 Å². The van der Waals surface area contributed by atoms with Crippen LogP contribution in [0.1, 0.15) is 26.3 Å². The highest BCUT2D eigenvalue weighted by Crippen LogP contribution is 2.27. The fourth-order valence-electron chi connectivity index (χ4n) is 1.93. The molecule has 0 radical (unpaired) electrons. The quantitative estimate of drug-likeness (QED) is 0.892. The van der Waals surface area contributed by atoms with Crippen LogP contribution in [0.3, 0.4) is 0 Å². The Kier molecular flexibility index (Phi) is 4.02. The summed E-state index contributed by atoms with van der Waals surface area (Å²) in [5.74, 6) is -1.33. The molecule has 1 atom stereocenters. The molecule has 2 rings (SSSR count). The number of nitrogens with zero attached hydrogens (tertiary/aromatic N) is 5. The summed E-state index contributed by atoms with van der Waals surface area (Å²) in [6, 6.07) is 1.00. The largest absolute Gasteiger partial charge is 0.481 e. The summed E-state index contributed by atoms with van der Waals surface area (Å²) >= 11 is 0. The first-order valence-corrected chi connectivity index (χ1v) is 6.10. The number of carboxylic acid groups (broad SMARTS) is 1. The van der Waals surface area contributed by atoms with E-state index in [2.05, 4.69) is 20.5 Å². The molecule has 0 aliphatic carbocycles. The zero-order valence-corrected chi connectivity index (χ0v) is 11.1. The lowest BCUT2D eigenvalue weighted by Crippen LogP contribution is -2.21. The Labute approximate surface area is 114 Å². The summed E-state index contributed by atoms with van der Waals surface area (Å²) in [5.41, 5.74) is 0.195. The minimum Gasteiger partial charge on any atom is -0.481 e. The van der Waals surface area contributed by atoms with Crippen LogP contribution in [-0.2, 0) is 4.79 Å². The van der Waals surface area contributed by atoms with Gasteiger partial charge in [0.05, 0.1) is 24.2 Å². The molecule has 0 amide bonds. The van der Waals surface area contributed by atoms with Crippen molar-refractivity contribution < 1.29 is 14.3 Å². The number of pyridine rings is 1. The summed E-state index contributed by atoms with van der Waals surface area (Å²) in [6.45, 7) is 3.73. The summed E-state index contributed by atoms with van der Waals surface area (Å²) in [6.07, 6.45) is 2.36. The second-order valence-corrected chi connectivity index (χ2v) is 4.71. The third-order valence-electron chi connectivity index (χ3n) is 2.97. The second kappa shape index (κ2) is 5.72. The average Bonchev–Trinajstić information content (AvgIpc) is 2.84. The van der Waals surface area contributed by atoms with Crippen LogP contribution < -0.4 is 0 Å². The highest BCUT2D eigenvalue weighted by atomic mass is 19.1. The molecule has 8 heteroatoms. The molecule has 106 valence electrons. The van der Waals surface area contributed by atoms with Crippen molar-refractivity contribution in [2.24, 2.45) is 5.92 Å². The van der Waals surface area contributed by atoms with E-state index in [1.165, 1.54) is 16.9 Å². The van der Waals surface area contributed by atoms with Gasteiger partial charge in [-0.1, -0.05) is 13.8 Å². The standard InChI is InChI=1S/C12H14FN5O2/c1-7(2)10(5-11(19)20)18-12(15-16-17-18)8-3-4-14-6-9(8)13/h3-4,6-7,10H,5H2,1-2H3,(H,19,20). The third kappa shape index (κ3) is 2.79. The number of tetrazole rings is 1. The number of carbonyl (C=O) groups is 1. The fourth-order valence-corrected chi connectivity index (χ4v) is 1.93. The van der Waals surface area contributed by atoms with E-state index >= 15 is 0 Å². The van der Waals surface area contributed by atoms with Crippen LogP contribution in [0.4, 0.5) is 4.39 Å².